The summed E-state index contributed by atoms with van der Waals surface area (Å²) in [6, 6.07) is 8.51. The van der Waals surface area contributed by atoms with Crippen LogP contribution in [0.3, 0.4) is 0 Å². The highest BCUT2D eigenvalue weighted by Gasteiger charge is 2.36. The molecule has 5 nitrogen and oxygen atoms in total. The molecule has 2 rings (SSSR count). The van der Waals surface area contributed by atoms with Crippen LogP contribution in [0.25, 0.3) is 0 Å². The van der Waals surface area contributed by atoms with Crippen molar-refractivity contribution in [1.82, 2.24) is 4.90 Å². The monoisotopic (exact) mass is 276 g/mol. The minimum absolute atomic E-state index is 0.0548. The molecule has 5 heteroatoms. The van der Waals surface area contributed by atoms with Gasteiger partial charge in [-0.05, 0) is 25.3 Å². The van der Waals surface area contributed by atoms with E-state index in [9.17, 15) is 14.7 Å². The summed E-state index contributed by atoms with van der Waals surface area (Å²) in [7, 11) is 0. The number of rotatable bonds is 4. The first-order valence-electron chi connectivity index (χ1n) is 6.78. The Labute approximate surface area is 118 Å². The van der Waals surface area contributed by atoms with Crippen molar-refractivity contribution in [3.8, 4) is 0 Å². The molecule has 0 aromatic heterocycles. The van der Waals surface area contributed by atoms with E-state index >= 15 is 0 Å². The van der Waals surface area contributed by atoms with Gasteiger partial charge in [0.25, 0.3) is 0 Å². The van der Waals surface area contributed by atoms with Crippen LogP contribution in [-0.4, -0.2) is 34.4 Å². The van der Waals surface area contributed by atoms with E-state index in [4.69, 9.17) is 5.73 Å². The third-order valence-electron chi connectivity index (χ3n) is 3.79. The Bertz CT molecular complexity index is 499. The number of primary amides is 1. The highest BCUT2D eigenvalue weighted by molar-refractivity contribution is 5.87. The summed E-state index contributed by atoms with van der Waals surface area (Å²) in [6.07, 6.45) is 1.32. The molecular weight excluding hydrogens is 256 g/mol. The summed E-state index contributed by atoms with van der Waals surface area (Å²) in [6.45, 7) is 2.13. The minimum atomic E-state index is -1.25. The largest absolute Gasteiger partial charge is 0.385 e. The van der Waals surface area contributed by atoms with E-state index in [1.807, 2.05) is 18.2 Å². The Morgan fingerprint density at radius 1 is 1.40 bits per heavy atom. The Kier molecular flexibility index (Phi) is 4.09. The van der Waals surface area contributed by atoms with Crippen molar-refractivity contribution in [1.29, 1.82) is 0 Å². The van der Waals surface area contributed by atoms with E-state index in [2.05, 4.69) is 0 Å². The number of nitrogens with two attached hydrogens (primary N) is 1. The summed E-state index contributed by atoms with van der Waals surface area (Å²) >= 11 is 0. The van der Waals surface area contributed by atoms with E-state index < -0.39 is 17.6 Å². The first-order chi connectivity index (χ1) is 9.42. The van der Waals surface area contributed by atoms with Gasteiger partial charge in [-0.3, -0.25) is 9.59 Å². The fourth-order valence-electron chi connectivity index (χ4n) is 2.66. The molecule has 0 saturated carbocycles. The molecule has 1 aromatic carbocycles. The number of carbonyl (C=O) groups excluding carboxylic acids is 2. The first-order valence-corrected chi connectivity index (χ1v) is 6.78. The molecule has 0 aliphatic carbocycles. The van der Waals surface area contributed by atoms with Gasteiger partial charge in [-0.2, -0.15) is 0 Å². The van der Waals surface area contributed by atoms with E-state index in [-0.39, 0.29) is 12.3 Å². The smallest absolute Gasteiger partial charge is 0.240 e. The lowest BCUT2D eigenvalue weighted by atomic mass is 9.92. The molecule has 108 valence electrons. The number of amides is 2. The zero-order chi connectivity index (χ0) is 14.8. The van der Waals surface area contributed by atoms with Crippen LogP contribution in [0, 0.1) is 0 Å². The standard InChI is InChI=1S/C15H20N2O3/c1-15(20,11-6-3-2-4-7-11)10-13(18)17-9-5-8-12(17)14(16)19/h2-4,6-7,12,20H,5,8-10H2,1H3,(H2,16,19). The maximum Gasteiger partial charge on any atom is 0.240 e. The molecule has 1 heterocycles. The summed E-state index contributed by atoms with van der Waals surface area (Å²) in [5.41, 5.74) is 4.74. The second kappa shape index (κ2) is 5.63. The average molecular weight is 276 g/mol. The number of benzene rings is 1. The summed E-state index contributed by atoms with van der Waals surface area (Å²) in [5, 5.41) is 10.5. The topological polar surface area (TPSA) is 83.6 Å². The molecule has 2 unspecified atom stereocenters. The Hall–Kier alpha value is -1.88. The molecule has 1 aliphatic rings. The fraction of sp³-hybridized carbons (Fsp3) is 0.467. The van der Waals surface area contributed by atoms with E-state index in [1.165, 1.54) is 4.90 Å². The van der Waals surface area contributed by atoms with Crippen molar-refractivity contribution < 1.29 is 14.7 Å². The molecule has 1 saturated heterocycles. The molecule has 0 bridgehead atoms. The van der Waals surface area contributed by atoms with Crippen LogP contribution < -0.4 is 5.73 Å². The van der Waals surface area contributed by atoms with Crippen LogP contribution in [0.5, 0.6) is 0 Å². The van der Waals surface area contributed by atoms with Crippen LogP contribution in [0.15, 0.2) is 30.3 Å². The van der Waals surface area contributed by atoms with Gasteiger partial charge in [0.15, 0.2) is 0 Å². The Morgan fingerprint density at radius 2 is 2.05 bits per heavy atom. The lowest BCUT2D eigenvalue weighted by molar-refractivity contribution is -0.141. The SMILES string of the molecule is CC(O)(CC(=O)N1CCCC1C(N)=O)c1ccccc1. The lowest BCUT2D eigenvalue weighted by Crippen LogP contribution is -2.45. The number of hydrogen-bond donors (Lipinski definition) is 2. The van der Waals surface area contributed by atoms with Gasteiger partial charge in [-0.25, -0.2) is 0 Å². The van der Waals surface area contributed by atoms with Gasteiger partial charge < -0.3 is 15.7 Å². The third-order valence-corrected chi connectivity index (χ3v) is 3.79. The normalized spacial score (nSPS) is 21.5. The van der Waals surface area contributed by atoms with Crippen molar-refractivity contribution in [2.45, 2.75) is 37.8 Å². The van der Waals surface area contributed by atoms with E-state index in [0.29, 0.717) is 18.5 Å². The van der Waals surface area contributed by atoms with Crippen LogP contribution >= 0.6 is 0 Å². The molecule has 2 amide bonds. The van der Waals surface area contributed by atoms with Crippen LogP contribution in [-0.2, 0) is 15.2 Å². The molecule has 0 radical (unpaired) electrons. The van der Waals surface area contributed by atoms with E-state index in [0.717, 1.165) is 6.42 Å². The van der Waals surface area contributed by atoms with Crippen molar-refractivity contribution in [2.75, 3.05) is 6.54 Å². The van der Waals surface area contributed by atoms with Gasteiger partial charge in [-0.15, -0.1) is 0 Å². The Balaban J connectivity index is 2.09. The number of hydrogen-bond acceptors (Lipinski definition) is 3. The number of nitrogens with zero attached hydrogens (tertiary/aromatic N) is 1. The van der Waals surface area contributed by atoms with Crippen LogP contribution in [0.2, 0.25) is 0 Å². The van der Waals surface area contributed by atoms with Gasteiger partial charge in [-0.1, -0.05) is 30.3 Å². The Morgan fingerprint density at radius 3 is 2.65 bits per heavy atom. The highest BCUT2D eigenvalue weighted by Crippen LogP contribution is 2.27. The van der Waals surface area contributed by atoms with Crippen molar-refractivity contribution >= 4 is 11.8 Å². The molecule has 1 aliphatic heterocycles. The second-order valence-corrected chi connectivity index (χ2v) is 5.46. The lowest BCUT2D eigenvalue weighted by Gasteiger charge is -2.28. The molecule has 20 heavy (non-hydrogen) atoms. The zero-order valence-corrected chi connectivity index (χ0v) is 11.6. The molecule has 1 fully saturated rings. The first kappa shape index (κ1) is 14.5. The molecular formula is C15H20N2O3. The molecule has 2 atom stereocenters. The summed E-state index contributed by atoms with van der Waals surface area (Å²) in [5.74, 6) is -0.713. The predicted octanol–water partition coefficient (Wildman–Crippen LogP) is 0.760. The predicted molar refractivity (Wildman–Crippen MR) is 74.6 cm³/mol. The van der Waals surface area contributed by atoms with Gasteiger partial charge in [0, 0.05) is 6.54 Å². The molecule has 1 aromatic rings. The van der Waals surface area contributed by atoms with Gasteiger partial charge in [0.2, 0.25) is 11.8 Å². The minimum Gasteiger partial charge on any atom is -0.385 e. The van der Waals surface area contributed by atoms with Crippen molar-refractivity contribution in [2.24, 2.45) is 5.73 Å². The maximum atomic E-state index is 12.3. The fourth-order valence-corrected chi connectivity index (χ4v) is 2.66. The number of aliphatic hydroxyl groups is 1. The third kappa shape index (κ3) is 2.99. The quantitative estimate of drug-likeness (QED) is 0.851. The van der Waals surface area contributed by atoms with E-state index in [1.54, 1.807) is 19.1 Å². The summed E-state index contributed by atoms with van der Waals surface area (Å²) in [4.78, 5) is 25.1. The van der Waals surface area contributed by atoms with Gasteiger partial charge in [0.1, 0.15) is 6.04 Å². The van der Waals surface area contributed by atoms with Crippen LogP contribution in [0.4, 0.5) is 0 Å². The molecule has 3 N–H and O–H groups in total. The van der Waals surface area contributed by atoms with Gasteiger partial charge >= 0.3 is 0 Å². The zero-order valence-electron chi connectivity index (χ0n) is 11.6. The average Bonchev–Trinajstić information content (AvgIpc) is 2.88. The van der Waals surface area contributed by atoms with Gasteiger partial charge in [0.05, 0.1) is 12.0 Å². The van der Waals surface area contributed by atoms with Crippen LogP contribution in [0.1, 0.15) is 31.7 Å². The molecule has 0 spiro atoms. The number of carbonyl (C=O) groups is 2. The second-order valence-electron chi connectivity index (χ2n) is 5.46. The van der Waals surface area contributed by atoms with Crippen molar-refractivity contribution in [3.63, 3.8) is 0 Å². The summed E-state index contributed by atoms with van der Waals surface area (Å²) < 4.78 is 0. The highest BCUT2D eigenvalue weighted by atomic mass is 16.3. The maximum absolute atomic E-state index is 12.3. The van der Waals surface area contributed by atoms with Crippen molar-refractivity contribution in [3.05, 3.63) is 35.9 Å². The number of likely N-dealkylation sites (tertiary alicyclic amines) is 1.